The predicted octanol–water partition coefficient (Wildman–Crippen LogP) is 2.03. The van der Waals surface area contributed by atoms with Gasteiger partial charge in [-0.15, -0.1) is 0 Å². The molecule has 86 valence electrons. The summed E-state index contributed by atoms with van der Waals surface area (Å²) in [6.45, 7) is 0. The van der Waals surface area contributed by atoms with Gasteiger partial charge in [-0.25, -0.2) is 0 Å². The van der Waals surface area contributed by atoms with Gasteiger partial charge < -0.3 is 10.1 Å². The molecule has 1 aromatic heterocycles. The molecule has 0 saturated heterocycles. The van der Waals surface area contributed by atoms with Gasteiger partial charge >= 0.3 is 6.18 Å². The van der Waals surface area contributed by atoms with Gasteiger partial charge in [0.05, 0.1) is 23.0 Å². The van der Waals surface area contributed by atoms with Gasteiger partial charge in [0.25, 0.3) is 0 Å². The molecular formula is C10H9F3N2O. The van der Waals surface area contributed by atoms with E-state index in [1.807, 2.05) is 0 Å². The molecule has 16 heavy (non-hydrogen) atoms. The fourth-order valence-electron chi connectivity index (χ4n) is 1.64. The minimum atomic E-state index is -4.40. The van der Waals surface area contributed by atoms with E-state index in [0.29, 0.717) is 30.5 Å². The maximum Gasteiger partial charge on any atom is 0.417 e. The van der Waals surface area contributed by atoms with E-state index in [4.69, 9.17) is 0 Å². The number of rotatable bonds is 1. The van der Waals surface area contributed by atoms with Gasteiger partial charge in [0.15, 0.2) is 0 Å². The number of aldehydes is 1. The molecule has 1 atom stereocenters. The van der Waals surface area contributed by atoms with Gasteiger partial charge in [0.2, 0.25) is 0 Å². The average molecular weight is 230 g/mol. The van der Waals surface area contributed by atoms with Crippen molar-refractivity contribution >= 4 is 12.0 Å². The molecule has 2 rings (SSSR count). The summed E-state index contributed by atoms with van der Waals surface area (Å²) in [6.07, 6.45) is -1.80. The van der Waals surface area contributed by atoms with E-state index < -0.39 is 17.8 Å². The lowest BCUT2D eigenvalue weighted by molar-refractivity contribution is -0.137. The van der Waals surface area contributed by atoms with Gasteiger partial charge in [0, 0.05) is 6.20 Å². The average Bonchev–Trinajstić information content (AvgIpc) is 2.26. The van der Waals surface area contributed by atoms with E-state index in [1.165, 1.54) is 0 Å². The Hall–Kier alpha value is -1.59. The number of hydrogen-bond donors (Lipinski definition) is 1. The van der Waals surface area contributed by atoms with E-state index >= 15 is 0 Å². The Balaban J connectivity index is 2.34. The van der Waals surface area contributed by atoms with Crippen LogP contribution in [0.5, 0.6) is 0 Å². The Labute approximate surface area is 89.7 Å². The van der Waals surface area contributed by atoms with Crippen LogP contribution < -0.4 is 5.32 Å². The summed E-state index contributed by atoms with van der Waals surface area (Å²) in [7, 11) is 0. The summed E-state index contributed by atoms with van der Waals surface area (Å²) in [6, 6.07) is 0.579. The van der Waals surface area contributed by atoms with Crippen LogP contribution in [0.25, 0.3) is 0 Å². The second kappa shape index (κ2) is 3.77. The zero-order valence-electron chi connectivity index (χ0n) is 8.21. The summed E-state index contributed by atoms with van der Waals surface area (Å²) >= 11 is 0. The van der Waals surface area contributed by atoms with Gasteiger partial charge in [-0.2, -0.15) is 13.2 Å². The smallest absolute Gasteiger partial charge is 0.374 e. The van der Waals surface area contributed by atoms with E-state index in [9.17, 15) is 18.0 Å². The first-order chi connectivity index (χ1) is 7.50. The highest BCUT2D eigenvalue weighted by Gasteiger charge is 2.32. The van der Waals surface area contributed by atoms with Crippen LogP contribution in [-0.4, -0.2) is 17.3 Å². The van der Waals surface area contributed by atoms with Crippen LogP contribution in [0.1, 0.15) is 17.7 Å². The third-order valence-electron chi connectivity index (χ3n) is 2.49. The number of aromatic nitrogens is 1. The molecule has 1 aromatic rings. The molecular weight excluding hydrogens is 221 g/mol. The number of pyridine rings is 1. The monoisotopic (exact) mass is 230 g/mol. The van der Waals surface area contributed by atoms with Crippen molar-refractivity contribution in [2.24, 2.45) is 0 Å². The van der Waals surface area contributed by atoms with E-state index in [0.717, 1.165) is 12.3 Å². The van der Waals surface area contributed by atoms with E-state index in [-0.39, 0.29) is 0 Å². The Morgan fingerprint density at radius 1 is 1.50 bits per heavy atom. The molecule has 2 heterocycles. The van der Waals surface area contributed by atoms with Crippen molar-refractivity contribution in [2.45, 2.75) is 25.1 Å². The third kappa shape index (κ3) is 2.00. The highest BCUT2D eigenvalue weighted by atomic mass is 19.4. The Bertz CT molecular complexity index is 417. The Morgan fingerprint density at radius 3 is 2.88 bits per heavy atom. The quantitative estimate of drug-likeness (QED) is 0.750. The van der Waals surface area contributed by atoms with Gasteiger partial charge in [-0.1, -0.05) is 0 Å². The molecule has 3 nitrogen and oxygen atoms in total. The number of anilines is 1. The minimum absolute atomic E-state index is 0.304. The Kier molecular flexibility index (Phi) is 2.57. The molecule has 0 saturated carbocycles. The molecule has 0 aromatic carbocycles. The lowest BCUT2D eigenvalue weighted by Gasteiger charge is -2.23. The van der Waals surface area contributed by atoms with Gasteiger partial charge in [0.1, 0.15) is 6.29 Å². The number of halogens is 3. The lowest BCUT2D eigenvalue weighted by atomic mass is 10.0. The number of alkyl halides is 3. The van der Waals surface area contributed by atoms with Crippen molar-refractivity contribution in [1.82, 2.24) is 4.98 Å². The highest BCUT2D eigenvalue weighted by molar-refractivity contribution is 5.67. The van der Waals surface area contributed by atoms with Crippen LogP contribution in [0.2, 0.25) is 0 Å². The summed E-state index contributed by atoms with van der Waals surface area (Å²) in [5.74, 6) is 0. The molecule has 0 amide bonds. The van der Waals surface area contributed by atoms with Crippen molar-refractivity contribution < 1.29 is 18.0 Å². The molecule has 0 aliphatic carbocycles. The number of aryl methyl sites for hydroxylation is 1. The number of carbonyl (C=O) groups is 1. The van der Waals surface area contributed by atoms with Crippen LogP contribution in [0.15, 0.2) is 12.3 Å². The van der Waals surface area contributed by atoms with Crippen LogP contribution in [0, 0.1) is 0 Å². The molecule has 0 spiro atoms. The molecule has 1 aliphatic rings. The van der Waals surface area contributed by atoms with Crippen LogP contribution >= 0.6 is 0 Å². The molecule has 6 heteroatoms. The topological polar surface area (TPSA) is 42.0 Å². The van der Waals surface area contributed by atoms with Gasteiger partial charge in [-0.3, -0.25) is 4.98 Å². The van der Waals surface area contributed by atoms with Crippen LogP contribution in [-0.2, 0) is 17.4 Å². The predicted molar refractivity (Wildman–Crippen MR) is 51.0 cm³/mol. The molecule has 0 radical (unpaired) electrons. The largest absolute Gasteiger partial charge is 0.417 e. The van der Waals surface area contributed by atoms with Crippen molar-refractivity contribution in [1.29, 1.82) is 0 Å². The third-order valence-corrected chi connectivity index (χ3v) is 2.49. The standard InChI is InChI=1S/C10H9F3N2O/c11-10(12,13)6-3-9-8(14-4-6)2-1-7(5-16)15-9/h3-5,7,15H,1-2H2. The van der Waals surface area contributed by atoms with E-state index in [2.05, 4.69) is 10.3 Å². The first kappa shape index (κ1) is 10.9. The summed E-state index contributed by atoms with van der Waals surface area (Å²) in [4.78, 5) is 14.3. The van der Waals surface area contributed by atoms with Crippen molar-refractivity contribution in [3.63, 3.8) is 0 Å². The second-order valence-corrected chi connectivity index (χ2v) is 3.64. The molecule has 1 N–H and O–H groups in total. The van der Waals surface area contributed by atoms with Crippen molar-refractivity contribution in [2.75, 3.05) is 5.32 Å². The molecule has 1 unspecified atom stereocenters. The number of carbonyl (C=O) groups excluding carboxylic acids is 1. The van der Waals surface area contributed by atoms with Crippen LogP contribution in [0.4, 0.5) is 18.9 Å². The fraction of sp³-hybridized carbons (Fsp3) is 0.400. The summed E-state index contributed by atoms with van der Waals surface area (Å²) in [5, 5.41) is 2.73. The maximum absolute atomic E-state index is 12.4. The van der Waals surface area contributed by atoms with Gasteiger partial charge in [-0.05, 0) is 18.9 Å². The highest BCUT2D eigenvalue weighted by Crippen LogP contribution is 2.32. The molecule has 1 aliphatic heterocycles. The van der Waals surface area contributed by atoms with Crippen LogP contribution in [0.3, 0.4) is 0 Å². The number of fused-ring (bicyclic) bond motifs is 1. The lowest BCUT2D eigenvalue weighted by Crippen LogP contribution is -2.27. The maximum atomic E-state index is 12.4. The summed E-state index contributed by atoms with van der Waals surface area (Å²) in [5.41, 5.74) is 0.0783. The first-order valence-electron chi connectivity index (χ1n) is 4.78. The SMILES string of the molecule is O=CC1CCc2ncc(C(F)(F)F)cc2N1. The number of nitrogens with one attached hydrogen (secondary N) is 1. The summed E-state index contributed by atoms with van der Waals surface area (Å²) < 4.78 is 37.2. The van der Waals surface area contributed by atoms with Crippen molar-refractivity contribution in [3.05, 3.63) is 23.5 Å². The van der Waals surface area contributed by atoms with E-state index in [1.54, 1.807) is 0 Å². The zero-order chi connectivity index (χ0) is 11.8. The molecule has 0 fully saturated rings. The van der Waals surface area contributed by atoms with Crippen molar-refractivity contribution in [3.8, 4) is 0 Å². The Morgan fingerprint density at radius 2 is 2.25 bits per heavy atom. The normalized spacial score (nSPS) is 19.8. The zero-order valence-corrected chi connectivity index (χ0v) is 8.21. The first-order valence-corrected chi connectivity index (χ1v) is 4.78. The fourth-order valence-corrected chi connectivity index (χ4v) is 1.64. The molecule has 0 bridgehead atoms. The number of nitrogens with zero attached hydrogens (tertiary/aromatic N) is 1. The minimum Gasteiger partial charge on any atom is -0.374 e. The number of hydrogen-bond acceptors (Lipinski definition) is 3. The second-order valence-electron chi connectivity index (χ2n) is 3.64.